The molecule has 1 aliphatic rings. The minimum Gasteiger partial charge on any atom is -0.461 e. The van der Waals surface area contributed by atoms with Crippen LogP contribution in [-0.2, 0) is 4.79 Å². The Kier molecular flexibility index (Phi) is 4.44. The Bertz CT molecular complexity index is 998. The van der Waals surface area contributed by atoms with Gasteiger partial charge in [-0.3, -0.25) is 4.79 Å². The topological polar surface area (TPSA) is 60.1 Å². The molecule has 2 aromatic heterocycles. The van der Waals surface area contributed by atoms with Crippen molar-refractivity contribution in [3.05, 3.63) is 71.4 Å². The van der Waals surface area contributed by atoms with Crippen molar-refractivity contribution in [2.24, 2.45) is 5.92 Å². The highest BCUT2D eigenvalue weighted by atomic mass is 16.3. The van der Waals surface area contributed by atoms with Crippen molar-refractivity contribution < 1.29 is 9.21 Å². The summed E-state index contributed by atoms with van der Waals surface area (Å²) in [7, 11) is 0. The average molecular weight is 361 g/mol. The molecule has 27 heavy (non-hydrogen) atoms. The van der Waals surface area contributed by atoms with Crippen molar-refractivity contribution in [2.45, 2.75) is 33.1 Å². The third-order valence-corrected chi connectivity index (χ3v) is 5.06. The van der Waals surface area contributed by atoms with Crippen molar-refractivity contribution in [2.75, 3.05) is 5.32 Å². The van der Waals surface area contributed by atoms with Crippen LogP contribution in [0.15, 0.2) is 53.0 Å². The lowest BCUT2D eigenvalue weighted by Gasteiger charge is -2.05. The molecule has 1 fully saturated rings. The fourth-order valence-corrected chi connectivity index (χ4v) is 3.34. The van der Waals surface area contributed by atoms with Gasteiger partial charge in [-0.25, -0.2) is 4.68 Å². The van der Waals surface area contributed by atoms with Crippen LogP contribution in [0.5, 0.6) is 0 Å². The van der Waals surface area contributed by atoms with Crippen LogP contribution in [0.1, 0.15) is 42.2 Å². The van der Waals surface area contributed by atoms with Gasteiger partial charge >= 0.3 is 0 Å². The minimum atomic E-state index is -0.202. The monoisotopic (exact) mass is 361 g/mol. The Hall–Kier alpha value is -3.08. The molecule has 2 atom stereocenters. The third kappa shape index (κ3) is 3.58. The maximum Gasteiger partial charge on any atom is 0.248 e. The van der Waals surface area contributed by atoms with Gasteiger partial charge in [-0.05, 0) is 56.5 Å². The molecule has 0 bridgehead atoms. The molecular weight excluding hydrogens is 338 g/mol. The molecule has 0 radical (unpaired) electrons. The first-order valence-electron chi connectivity index (χ1n) is 9.23. The number of benzene rings is 1. The maximum atomic E-state index is 12.4. The number of amides is 1. The summed E-state index contributed by atoms with van der Waals surface area (Å²) in [6.45, 7) is 6.06. The number of aromatic nitrogens is 2. The summed E-state index contributed by atoms with van der Waals surface area (Å²) in [4.78, 5) is 12.4. The van der Waals surface area contributed by atoms with Gasteiger partial charge in [0, 0.05) is 12.0 Å². The van der Waals surface area contributed by atoms with E-state index in [1.54, 1.807) is 6.08 Å². The molecule has 0 saturated heterocycles. The zero-order chi connectivity index (χ0) is 19.0. The van der Waals surface area contributed by atoms with E-state index in [1.165, 1.54) is 12.5 Å². The normalized spacial score (nSPS) is 18.8. The second-order valence-corrected chi connectivity index (χ2v) is 7.18. The average Bonchev–Trinajstić information content (AvgIpc) is 3.10. The van der Waals surface area contributed by atoms with Crippen LogP contribution in [-0.4, -0.2) is 15.7 Å². The Morgan fingerprint density at radius 3 is 2.67 bits per heavy atom. The van der Waals surface area contributed by atoms with E-state index in [0.29, 0.717) is 17.6 Å². The number of hydrogen-bond donors (Lipinski definition) is 1. The first-order chi connectivity index (χ1) is 13.0. The fourth-order valence-electron chi connectivity index (χ4n) is 3.34. The van der Waals surface area contributed by atoms with Crippen LogP contribution in [0.3, 0.4) is 0 Å². The Labute approximate surface area is 158 Å². The molecule has 4 rings (SSSR count). The van der Waals surface area contributed by atoms with E-state index in [2.05, 4.69) is 17.3 Å². The highest BCUT2D eigenvalue weighted by Gasteiger charge is 2.36. The van der Waals surface area contributed by atoms with Crippen LogP contribution in [0.2, 0.25) is 0 Å². The SMILES string of the molecule is Cc1nn(-c2ccccc2)c(C)c1NC(=O)/C=C/c1ccc(C2CC2C)o1. The zero-order valence-electron chi connectivity index (χ0n) is 15.8. The maximum absolute atomic E-state index is 12.4. The van der Waals surface area contributed by atoms with Gasteiger partial charge in [-0.2, -0.15) is 5.10 Å². The first-order valence-corrected chi connectivity index (χ1v) is 9.23. The highest BCUT2D eigenvalue weighted by Crippen LogP contribution is 2.47. The second kappa shape index (κ2) is 6.91. The van der Waals surface area contributed by atoms with Crippen molar-refractivity contribution >= 4 is 17.7 Å². The molecule has 2 heterocycles. The highest BCUT2D eigenvalue weighted by molar-refractivity contribution is 6.02. The van der Waals surface area contributed by atoms with E-state index < -0.39 is 0 Å². The number of nitrogens with zero attached hydrogens (tertiary/aromatic N) is 2. The van der Waals surface area contributed by atoms with E-state index in [4.69, 9.17) is 4.42 Å². The number of aryl methyl sites for hydroxylation is 1. The molecule has 5 nitrogen and oxygen atoms in total. The van der Waals surface area contributed by atoms with E-state index >= 15 is 0 Å². The van der Waals surface area contributed by atoms with Gasteiger partial charge in [-0.15, -0.1) is 0 Å². The summed E-state index contributed by atoms with van der Waals surface area (Å²) in [5.74, 6) is 2.75. The van der Waals surface area contributed by atoms with Gasteiger partial charge in [0.05, 0.1) is 22.8 Å². The van der Waals surface area contributed by atoms with Gasteiger partial charge in [0.15, 0.2) is 0 Å². The number of furan rings is 1. The fraction of sp³-hybridized carbons (Fsp3) is 0.273. The number of hydrogen-bond acceptors (Lipinski definition) is 3. The Balaban J connectivity index is 1.47. The number of carbonyl (C=O) groups excluding carboxylic acids is 1. The second-order valence-electron chi connectivity index (χ2n) is 7.18. The molecule has 1 aromatic carbocycles. The van der Waals surface area contributed by atoms with Crippen LogP contribution < -0.4 is 5.32 Å². The standard InChI is InChI=1S/C22H23N3O2/c1-14-13-19(14)20-11-9-18(27-20)10-12-21(26)23-22-15(2)24-25(16(22)3)17-7-5-4-6-8-17/h4-12,14,19H,13H2,1-3H3,(H,23,26)/b12-10+. The van der Waals surface area contributed by atoms with Crippen molar-refractivity contribution in [3.8, 4) is 5.69 Å². The first kappa shape index (κ1) is 17.3. The molecule has 1 aliphatic carbocycles. The molecule has 2 unspecified atom stereocenters. The smallest absolute Gasteiger partial charge is 0.248 e. The van der Waals surface area contributed by atoms with Crippen molar-refractivity contribution in [3.63, 3.8) is 0 Å². The number of carbonyl (C=O) groups is 1. The van der Waals surface area contributed by atoms with Gasteiger partial charge in [0.1, 0.15) is 11.5 Å². The van der Waals surface area contributed by atoms with Gasteiger partial charge in [0.25, 0.3) is 0 Å². The molecule has 0 spiro atoms. The lowest BCUT2D eigenvalue weighted by atomic mass is 10.2. The third-order valence-electron chi connectivity index (χ3n) is 5.06. The van der Waals surface area contributed by atoms with Crippen LogP contribution >= 0.6 is 0 Å². The molecule has 0 aliphatic heterocycles. The van der Waals surface area contributed by atoms with Crippen LogP contribution in [0.25, 0.3) is 11.8 Å². The molecule has 138 valence electrons. The lowest BCUT2D eigenvalue weighted by molar-refractivity contribution is -0.111. The predicted molar refractivity (Wildman–Crippen MR) is 106 cm³/mol. The number of anilines is 1. The van der Waals surface area contributed by atoms with Crippen molar-refractivity contribution in [1.82, 2.24) is 9.78 Å². The summed E-state index contributed by atoms with van der Waals surface area (Å²) < 4.78 is 7.64. The Morgan fingerprint density at radius 1 is 1.22 bits per heavy atom. The number of nitrogens with one attached hydrogen (secondary N) is 1. The van der Waals surface area contributed by atoms with E-state index in [-0.39, 0.29) is 5.91 Å². The van der Waals surface area contributed by atoms with Gasteiger partial charge < -0.3 is 9.73 Å². The van der Waals surface area contributed by atoms with Crippen molar-refractivity contribution in [1.29, 1.82) is 0 Å². The molecule has 1 amide bonds. The van der Waals surface area contributed by atoms with E-state index in [0.717, 1.165) is 28.5 Å². The molecular formula is C22H23N3O2. The predicted octanol–water partition coefficient (Wildman–Crippen LogP) is 4.86. The van der Waals surface area contributed by atoms with Gasteiger partial charge in [0.2, 0.25) is 5.91 Å². The van der Waals surface area contributed by atoms with Gasteiger partial charge in [-0.1, -0.05) is 25.1 Å². The summed E-state index contributed by atoms with van der Waals surface area (Å²) in [5.41, 5.74) is 3.37. The summed E-state index contributed by atoms with van der Waals surface area (Å²) in [6.07, 6.45) is 4.39. The van der Waals surface area contributed by atoms with Crippen LogP contribution in [0.4, 0.5) is 5.69 Å². The minimum absolute atomic E-state index is 0.202. The number of rotatable bonds is 5. The largest absolute Gasteiger partial charge is 0.461 e. The van der Waals surface area contributed by atoms with E-state index in [1.807, 2.05) is 61.0 Å². The lowest BCUT2D eigenvalue weighted by Crippen LogP contribution is -2.09. The quantitative estimate of drug-likeness (QED) is 0.660. The molecule has 1 saturated carbocycles. The summed E-state index contributed by atoms with van der Waals surface area (Å²) in [6, 6.07) is 13.8. The zero-order valence-corrected chi connectivity index (χ0v) is 15.8. The summed E-state index contributed by atoms with van der Waals surface area (Å²) >= 11 is 0. The summed E-state index contributed by atoms with van der Waals surface area (Å²) in [5, 5.41) is 7.48. The molecule has 1 N–H and O–H groups in total. The van der Waals surface area contributed by atoms with Crippen LogP contribution in [0, 0.1) is 19.8 Å². The molecule has 3 aromatic rings. The Morgan fingerprint density at radius 2 is 1.96 bits per heavy atom. The van der Waals surface area contributed by atoms with E-state index in [9.17, 15) is 4.79 Å². The number of para-hydroxylation sites is 1. The molecule has 5 heteroatoms.